The van der Waals surface area contributed by atoms with E-state index in [-0.39, 0.29) is 25.2 Å². The molecule has 0 radical (unpaired) electrons. The van der Waals surface area contributed by atoms with Gasteiger partial charge in [0.1, 0.15) is 12.1 Å². The number of carbonyl (C=O) groups is 5. The summed E-state index contributed by atoms with van der Waals surface area (Å²) in [7, 11) is 0. The van der Waals surface area contributed by atoms with Crippen LogP contribution in [0.2, 0.25) is 0 Å². The highest BCUT2D eigenvalue weighted by molar-refractivity contribution is 5.93. The Bertz CT molecular complexity index is 1100. The third kappa shape index (κ3) is 8.69. The third-order valence-corrected chi connectivity index (χ3v) is 5.53. The van der Waals surface area contributed by atoms with Gasteiger partial charge in [-0.15, -0.1) is 0 Å². The van der Waals surface area contributed by atoms with Gasteiger partial charge in [-0.05, 0) is 36.8 Å². The number of nitrogens with one attached hydrogen (secondary N) is 4. The lowest BCUT2D eigenvalue weighted by molar-refractivity contribution is -0.142. The lowest BCUT2D eigenvalue weighted by Gasteiger charge is -2.22. The number of carboxylic acid groups (broad SMARTS) is 1. The molecule has 1 heterocycles. The zero-order chi connectivity index (χ0) is 26.8. The van der Waals surface area contributed by atoms with Crippen LogP contribution in [0, 0.1) is 5.92 Å². The Morgan fingerprint density at radius 2 is 1.72 bits per heavy atom. The molecule has 0 aliphatic heterocycles. The van der Waals surface area contributed by atoms with Gasteiger partial charge in [0, 0.05) is 23.5 Å². The van der Waals surface area contributed by atoms with Crippen LogP contribution in [-0.4, -0.2) is 64.4 Å². The number of rotatable bonds is 14. The molecule has 196 valence electrons. The summed E-state index contributed by atoms with van der Waals surface area (Å²) in [6.45, 7) is 3.24. The molecule has 2 rings (SSSR count). The molecule has 1 aromatic carbocycles. The largest absolute Gasteiger partial charge is 0.480 e. The number of hydrogen-bond donors (Lipinski definition) is 7. The van der Waals surface area contributed by atoms with Gasteiger partial charge < -0.3 is 37.5 Å². The van der Waals surface area contributed by atoms with E-state index in [0.717, 1.165) is 16.5 Å². The van der Waals surface area contributed by atoms with Crippen LogP contribution in [0.25, 0.3) is 10.9 Å². The number of aromatic amines is 1. The lowest BCUT2D eigenvalue weighted by atomic mass is 10.0. The van der Waals surface area contributed by atoms with Crippen LogP contribution in [0.4, 0.5) is 0 Å². The number of amides is 4. The van der Waals surface area contributed by atoms with Gasteiger partial charge in [0.2, 0.25) is 23.6 Å². The summed E-state index contributed by atoms with van der Waals surface area (Å²) in [5.74, 6) is -3.85. The van der Waals surface area contributed by atoms with Crippen molar-refractivity contribution in [3.8, 4) is 0 Å². The summed E-state index contributed by atoms with van der Waals surface area (Å²) in [6.07, 6.45) is 1.96. The molecule has 12 heteroatoms. The van der Waals surface area contributed by atoms with Gasteiger partial charge >= 0.3 is 5.97 Å². The van der Waals surface area contributed by atoms with Crippen LogP contribution in [0.3, 0.4) is 0 Å². The number of aromatic nitrogens is 1. The molecule has 2 aromatic rings. The number of aliphatic carboxylic acids is 1. The molecule has 0 fully saturated rings. The first-order valence-electron chi connectivity index (χ1n) is 11.7. The topological polar surface area (TPSA) is 209 Å². The Balaban J connectivity index is 1.94. The van der Waals surface area contributed by atoms with Crippen molar-refractivity contribution >= 4 is 40.5 Å². The highest BCUT2D eigenvalue weighted by atomic mass is 16.4. The van der Waals surface area contributed by atoms with Gasteiger partial charge in [0.05, 0.1) is 12.6 Å². The smallest absolute Gasteiger partial charge is 0.326 e. The van der Waals surface area contributed by atoms with E-state index >= 15 is 0 Å². The number of H-pyrrole nitrogens is 1. The van der Waals surface area contributed by atoms with E-state index in [9.17, 15) is 29.1 Å². The van der Waals surface area contributed by atoms with Crippen molar-refractivity contribution in [2.45, 2.75) is 57.7 Å². The zero-order valence-corrected chi connectivity index (χ0v) is 20.4. The Hall–Kier alpha value is -3.93. The maximum absolute atomic E-state index is 12.8. The van der Waals surface area contributed by atoms with E-state index in [1.807, 2.05) is 38.1 Å². The van der Waals surface area contributed by atoms with Crippen LogP contribution in [0.15, 0.2) is 30.5 Å². The second kappa shape index (κ2) is 13.2. The van der Waals surface area contributed by atoms with Crippen molar-refractivity contribution in [3.05, 3.63) is 36.0 Å². The summed E-state index contributed by atoms with van der Waals surface area (Å²) in [4.78, 5) is 63.0. The minimum absolute atomic E-state index is 0.0462. The Morgan fingerprint density at radius 3 is 2.36 bits per heavy atom. The van der Waals surface area contributed by atoms with Crippen molar-refractivity contribution in [3.63, 3.8) is 0 Å². The molecule has 0 aliphatic carbocycles. The highest BCUT2D eigenvalue weighted by Crippen LogP contribution is 2.19. The fourth-order valence-electron chi connectivity index (χ4n) is 3.69. The number of carbonyl (C=O) groups excluding carboxylic acids is 4. The summed E-state index contributed by atoms with van der Waals surface area (Å²) < 4.78 is 0. The third-order valence-electron chi connectivity index (χ3n) is 5.53. The van der Waals surface area contributed by atoms with Gasteiger partial charge in [-0.2, -0.15) is 0 Å². The molecule has 4 amide bonds. The molecular formula is C24H34N6O6. The number of fused-ring (bicyclic) bond motifs is 1. The second-order valence-electron chi connectivity index (χ2n) is 9.04. The predicted octanol–water partition coefficient (Wildman–Crippen LogP) is -0.480. The van der Waals surface area contributed by atoms with E-state index in [1.165, 1.54) is 0 Å². The van der Waals surface area contributed by atoms with E-state index < -0.39 is 54.3 Å². The van der Waals surface area contributed by atoms with Crippen molar-refractivity contribution < 1.29 is 29.1 Å². The molecule has 0 saturated heterocycles. The normalized spacial score (nSPS) is 13.6. The zero-order valence-electron chi connectivity index (χ0n) is 20.4. The minimum atomic E-state index is -1.33. The number of para-hydroxylation sites is 1. The maximum atomic E-state index is 12.8. The van der Waals surface area contributed by atoms with Crippen molar-refractivity contribution in [2.24, 2.45) is 17.4 Å². The first-order valence-corrected chi connectivity index (χ1v) is 11.7. The maximum Gasteiger partial charge on any atom is 0.326 e. The van der Waals surface area contributed by atoms with Crippen molar-refractivity contribution in [1.82, 2.24) is 20.9 Å². The van der Waals surface area contributed by atoms with Gasteiger partial charge in [-0.1, -0.05) is 32.0 Å². The Morgan fingerprint density at radius 1 is 1.03 bits per heavy atom. The molecule has 0 saturated carbocycles. The van der Waals surface area contributed by atoms with E-state index in [4.69, 9.17) is 11.5 Å². The fourth-order valence-corrected chi connectivity index (χ4v) is 3.69. The molecule has 12 nitrogen and oxygen atoms in total. The second-order valence-corrected chi connectivity index (χ2v) is 9.04. The fraction of sp³-hybridized carbons (Fsp3) is 0.458. The van der Waals surface area contributed by atoms with Gasteiger partial charge in [0.15, 0.2) is 0 Å². The van der Waals surface area contributed by atoms with Crippen LogP contribution in [-0.2, 0) is 30.4 Å². The number of hydrogen-bond acceptors (Lipinski definition) is 6. The minimum Gasteiger partial charge on any atom is -0.480 e. The molecule has 0 spiro atoms. The van der Waals surface area contributed by atoms with Crippen LogP contribution in [0.1, 0.15) is 38.7 Å². The quantitative estimate of drug-likeness (QED) is 0.180. The number of nitrogens with two attached hydrogens (primary N) is 2. The average molecular weight is 503 g/mol. The number of carboxylic acids is 1. The number of primary amides is 1. The standard InChI is InChI=1S/C24H34N6O6/c1-13(2)9-19(23(34)28-12-21(32)29-18(24(35)36)7-8-20(26)31)30-22(33)16(25)10-14-11-27-17-6-4-3-5-15(14)17/h3-6,11,13,16,18-19,27H,7-10,12,25H2,1-2H3,(H2,26,31)(H,28,34)(H,29,32)(H,30,33)(H,35,36). The summed E-state index contributed by atoms with van der Waals surface area (Å²) in [5.41, 5.74) is 12.9. The Kier molecular flexibility index (Phi) is 10.4. The monoisotopic (exact) mass is 502 g/mol. The van der Waals surface area contributed by atoms with Gasteiger partial charge in [-0.3, -0.25) is 19.2 Å². The summed E-state index contributed by atoms with van der Waals surface area (Å²) in [6, 6.07) is 4.46. The SMILES string of the molecule is CC(C)CC(NC(=O)C(N)Cc1c[nH]c2ccccc12)C(=O)NCC(=O)NC(CCC(N)=O)C(=O)O. The Labute approximate surface area is 208 Å². The highest BCUT2D eigenvalue weighted by Gasteiger charge is 2.26. The van der Waals surface area contributed by atoms with Crippen molar-refractivity contribution in [2.75, 3.05) is 6.54 Å². The molecule has 0 aliphatic rings. The van der Waals surface area contributed by atoms with E-state index in [2.05, 4.69) is 20.9 Å². The van der Waals surface area contributed by atoms with Gasteiger partial charge in [0.25, 0.3) is 0 Å². The van der Waals surface area contributed by atoms with Gasteiger partial charge in [-0.25, -0.2) is 4.79 Å². The number of benzene rings is 1. The first kappa shape index (κ1) is 28.3. The first-order chi connectivity index (χ1) is 17.0. The molecule has 9 N–H and O–H groups in total. The van der Waals surface area contributed by atoms with Crippen LogP contribution in [0.5, 0.6) is 0 Å². The summed E-state index contributed by atoms with van der Waals surface area (Å²) in [5, 5.41) is 17.5. The molecule has 3 atom stereocenters. The lowest BCUT2D eigenvalue weighted by Crippen LogP contribution is -2.54. The molecule has 1 aromatic heterocycles. The molecule has 3 unspecified atom stereocenters. The molecule has 0 bridgehead atoms. The summed E-state index contributed by atoms with van der Waals surface area (Å²) >= 11 is 0. The average Bonchev–Trinajstić information content (AvgIpc) is 3.21. The van der Waals surface area contributed by atoms with E-state index in [1.54, 1.807) is 6.20 Å². The van der Waals surface area contributed by atoms with Crippen molar-refractivity contribution in [1.29, 1.82) is 0 Å². The molecular weight excluding hydrogens is 468 g/mol. The molecule has 36 heavy (non-hydrogen) atoms. The van der Waals surface area contributed by atoms with Crippen LogP contribution >= 0.6 is 0 Å². The van der Waals surface area contributed by atoms with Crippen LogP contribution < -0.4 is 27.4 Å². The van der Waals surface area contributed by atoms with E-state index in [0.29, 0.717) is 6.42 Å². The predicted molar refractivity (Wildman–Crippen MR) is 132 cm³/mol.